The number of hydrogen-bond donors (Lipinski definition) is 0. The van der Waals surface area contributed by atoms with Gasteiger partial charge in [0, 0.05) is 41.9 Å². The van der Waals surface area contributed by atoms with Gasteiger partial charge in [-0.25, -0.2) is 4.79 Å². The van der Waals surface area contributed by atoms with Crippen molar-refractivity contribution in [2.24, 2.45) is 7.05 Å². The molecule has 0 amide bonds. The van der Waals surface area contributed by atoms with E-state index in [1.807, 2.05) is 48.7 Å². The Morgan fingerprint density at radius 2 is 1.74 bits per heavy atom. The zero-order valence-electron chi connectivity index (χ0n) is 15.4. The lowest BCUT2D eigenvalue weighted by molar-refractivity contribution is 0.0474. The van der Waals surface area contributed by atoms with Gasteiger partial charge in [-0.3, -0.25) is 9.59 Å². The Morgan fingerprint density at radius 3 is 2.41 bits per heavy atom. The molecule has 0 saturated carbocycles. The molecule has 2 heterocycles. The molecule has 0 N–H and O–H groups in total. The Morgan fingerprint density at radius 1 is 1.04 bits per heavy atom. The largest absolute Gasteiger partial charge is 0.454 e. The maximum Gasteiger partial charge on any atom is 0.338 e. The lowest BCUT2D eigenvalue weighted by atomic mass is 10.1. The lowest BCUT2D eigenvalue weighted by Gasteiger charge is -2.09. The van der Waals surface area contributed by atoms with Crippen LogP contribution < -0.4 is 5.56 Å². The average Bonchev–Trinajstić information content (AvgIpc) is 2.96. The van der Waals surface area contributed by atoms with Gasteiger partial charge in [-0.2, -0.15) is 0 Å². The number of aryl methyl sites for hydroxylation is 2. The van der Waals surface area contributed by atoms with Crippen LogP contribution in [-0.4, -0.2) is 27.5 Å². The van der Waals surface area contributed by atoms with Crippen molar-refractivity contribution in [1.29, 1.82) is 0 Å². The maximum atomic E-state index is 12.6. The molecule has 0 atom stereocenters. The van der Waals surface area contributed by atoms with Gasteiger partial charge in [0.2, 0.25) is 5.78 Å². The molecule has 2 aromatic heterocycles. The van der Waals surface area contributed by atoms with E-state index in [2.05, 4.69) is 0 Å². The fourth-order valence-corrected chi connectivity index (χ4v) is 2.99. The van der Waals surface area contributed by atoms with E-state index in [0.29, 0.717) is 5.56 Å². The minimum Gasteiger partial charge on any atom is -0.454 e. The number of ketones is 1. The number of carbonyl (C=O) groups is 2. The van der Waals surface area contributed by atoms with Gasteiger partial charge >= 0.3 is 5.97 Å². The predicted octanol–water partition coefficient (Wildman–Crippen LogP) is 2.83. The molecule has 3 aromatic rings. The minimum absolute atomic E-state index is 0.126. The summed E-state index contributed by atoms with van der Waals surface area (Å²) in [4.78, 5) is 36.3. The number of Topliss-reactive ketones (excluding diaryl/α,β-unsaturated/α-hetero) is 1. The number of nitrogens with zero attached hydrogens (tertiary/aromatic N) is 2. The minimum atomic E-state index is -0.696. The summed E-state index contributed by atoms with van der Waals surface area (Å²) in [5.74, 6) is -0.986. The van der Waals surface area contributed by atoms with Gasteiger partial charge in [-0.1, -0.05) is 18.2 Å². The van der Waals surface area contributed by atoms with E-state index >= 15 is 0 Å². The van der Waals surface area contributed by atoms with E-state index in [1.165, 1.54) is 22.9 Å². The standard InChI is InChI=1S/C21H20N2O4/c1-14-11-18(15(2)23(14)17-7-5-4-6-8-17)19(24)13-27-21(26)16-9-10-22(3)20(25)12-16/h4-12H,13H2,1-3H3. The Bertz CT molecular complexity index is 1060. The highest BCUT2D eigenvalue weighted by atomic mass is 16.5. The first kappa shape index (κ1) is 18.4. The van der Waals surface area contributed by atoms with Gasteiger partial charge in [0.05, 0.1) is 5.56 Å². The van der Waals surface area contributed by atoms with E-state index in [-0.39, 0.29) is 23.5 Å². The van der Waals surface area contributed by atoms with E-state index in [1.54, 1.807) is 13.1 Å². The topological polar surface area (TPSA) is 70.3 Å². The molecule has 0 saturated heterocycles. The van der Waals surface area contributed by atoms with Crippen LogP contribution in [0.25, 0.3) is 5.69 Å². The van der Waals surface area contributed by atoms with Crippen molar-refractivity contribution in [2.75, 3.05) is 6.61 Å². The van der Waals surface area contributed by atoms with E-state index in [0.717, 1.165) is 17.1 Å². The quantitative estimate of drug-likeness (QED) is 0.516. The second-order valence-electron chi connectivity index (χ2n) is 6.32. The third kappa shape index (κ3) is 3.74. The van der Waals surface area contributed by atoms with Gasteiger partial charge in [0.15, 0.2) is 6.61 Å². The van der Waals surface area contributed by atoms with Gasteiger partial charge in [-0.15, -0.1) is 0 Å². The Hall–Kier alpha value is -3.41. The van der Waals surface area contributed by atoms with Crippen molar-refractivity contribution in [1.82, 2.24) is 9.13 Å². The normalized spacial score (nSPS) is 10.6. The van der Waals surface area contributed by atoms with Gasteiger partial charge in [0.25, 0.3) is 5.56 Å². The number of carbonyl (C=O) groups excluding carboxylic acids is 2. The van der Waals surface area contributed by atoms with Crippen LogP contribution in [0, 0.1) is 13.8 Å². The molecule has 1 aromatic carbocycles. The molecular formula is C21H20N2O4. The summed E-state index contributed by atoms with van der Waals surface area (Å²) < 4.78 is 8.43. The lowest BCUT2D eigenvalue weighted by Crippen LogP contribution is -2.19. The van der Waals surface area contributed by atoms with Crippen molar-refractivity contribution in [3.05, 3.63) is 87.6 Å². The summed E-state index contributed by atoms with van der Waals surface area (Å²) in [7, 11) is 1.59. The molecular weight excluding hydrogens is 344 g/mol. The third-order valence-electron chi connectivity index (χ3n) is 4.42. The molecule has 0 aliphatic carbocycles. The van der Waals surface area contributed by atoms with E-state index in [9.17, 15) is 14.4 Å². The van der Waals surface area contributed by atoms with E-state index in [4.69, 9.17) is 4.74 Å². The molecule has 138 valence electrons. The van der Waals surface area contributed by atoms with Crippen LogP contribution in [0.5, 0.6) is 0 Å². The maximum absolute atomic E-state index is 12.6. The molecule has 0 radical (unpaired) electrons. The van der Waals surface area contributed by atoms with Crippen LogP contribution >= 0.6 is 0 Å². The highest BCUT2D eigenvalue weighted by Gasteiger charge is 2.18. The molecule has 6 nitrogen and oxygen atoms in total. The SMILES string of the molecule is Cc1cc(C(=O)COC(=O)c2ccn(C)c(=O)c2)c(C)n1-c1ccccc1. The number of hydrogen-bond acceptors (Lipinski definition) is 4. The van der Waals surface area contributed by atoms with Crippen molar-refractivity contribution in [3.63, 3.8) is 0 Å². The number of para-hydroxylation sites is 1. The molecule has 0 aliphatic rings. The Labute approximate surface area is 156 Å². The van der Waals surface area contributed by atoms with Gasteiger partial charge in [-0.05, 0) is 38.1 Å². The first-order chi connectivity index (χ1) is 12.9. The number of rotatable bonds is 5. The van der Waals surface area contributed by atoms with Crippen LogP contribution in [0.15, 0.2) is 59.5 Å². The zero-order chi connectivity index (χ0) is 19.6. The van der Waals surface area contributed by atoms with Crippen LogP contribution in [0.2, 0.25) is 0 Å². The fraction of sp³-hybridized carbons (Fsp3) is 0.190. The highest BCUT2D eigenvalue weighted by molar-refractivity contribution is 6.00. The second-order valence-corrected chi connectivity index (χ2v) is 6.32. The molecule has 3 rings (SSSR count). The van der Waals surface area contributed by atoms with Gasteiger partial charge in [0.1, 0.15) is 0 Å². The average molecular weight is 364 g/mol. The number of ether oxygens (including phenoxy) is 1. The molecule has 0 unspecified atom stereocenters. The molecule has 0 aliphatic heterocycles. The Kier molecular flexibility index (Phi) is 5.07. The number of esters is 1. The first-order valence-electron chi connectivity index (χ1n) is 8.50. The van der Waals surface area contributed by atoms with E-state index < -0.39 is 5.97 Å². The molecule has 6 heteroatoms. The first-order valence-corrected chi connectivity index (χ1v) is 8.50. The summed E-state index contributed by atoms with van der Waals surface area (Å²) in [5.41, 5.74) is 2.98. The van der Waals surface area contributed by atoms with Crippen LogP contribution in [0.1, 0.15) is 32.1 Å². The summed E-state index contributed by atoms with van der Waals surface area (Å²) >= 11 is 0. The summed E-state index contributed by atoms with van der Waals surface area (Å²) in [6.07, 6.45) is 1.48. The van der Waals surface area contributed by atoms with Crippen molar-refractivity contribution in [2.45, 2.75) is 13.8 Å². The third-order valence-corrected chi connectivity index (χ3v) is 4.42. The number of benzene rings is 1. The van der Waals surface area contributed by atoms with Crippen LogP contribution in [0.4, 0.5) is 0 Å². The van der Waals surface area contributed by atoms with Crippen molar-refractivity contribution >= 4 is 11.8 Å². The fourth-order valence-electron chi connectivity index (χ4n) is 2.99. The smallest absolute Gasteiger partial charge is 0.338 e. The second kappa shape index (κ2) is 7.45. The zero-order valence-corrected chi connectivity index (χ0v) is 15.4. The van der Waals surface area contributed by atoms with Crippen LogP contribution in [-0.2, 0) is 11.8 Å². The Balaban J connectivity index is 1.76. The van der Waals surface area contributed by atoms with Crippen molar-refractivity contribution < 1.29 is 14.3 Å². The monoisotopic (exact) mass is 364 g/mol. The predicted molar refractivity (Wildman–Crippen MR) is 102 cm³/mol. The highest BCUT2D eigenvalue weighted by Crippen LogP contribution is 2.21. The summed E-state index contributed by atoms with van der Waals surface area (Å²) in [6, 6.07) is 14.2. The number of aromatic nitrogens is 2. The summed E-state index contributed by atoms with van der Waals surface area (Å²) in [6.45, 7) is 3.39. The summed E-state index contributed by atoms with van der Waals surface area (Å²) in [5, 5.41) is 0. The number of pyridine rings is 1. The van der Waals surface area contributed by atoms with Gasteiger partial charge < -0.3 is 13.9 Å². The molecule has 0 spiro atoms. The van der Waals surface area contributed by atoms with Crippen LogP contribution in [0.3, 0.4) is 0 Å². The molecule has 0 fully saturated rings. The molecule has 27 heavy (non-hydrogen) atoms. The van der Waals surface area contributed by atoms with Crippen molar-refractivity contribution in [3.8, 4) is 5.69 Å². The molecule has 0 bridgehead atoms.